The fourth-order valence-corrected chi connectivity index (χ4v) is 2.92. The number of hydrogen-bond donors (Lipinski definition) is 1. The summed E-state index contributed by atoms with van der Waals surface area (Å²) in [7, 11) is 1.61. The van der Waals surface area contributed by atoms with Crippen molar-refractivity contribution in [1.82, 2.24) is 5.32 Å². The van der Waals surface area contributed by atoms with E-state index in [1.54, 1.807) is 12.0 Å². The van der Waals surface area contributed by atoms with Gasteiger partial charge in [0.05, 0.1) is 7.11 Å². The second-order valence-electron chi connectivity index (χ2n) is 6.36. The summed E-state index contributed by atoms with van der Waals surface area (Å²) < 4.78 is 5.28. The van der Waals surface area contributed by atoms with Gasteiger partial charge in [0.2, 0.25) is 11.8 Å². The molecule has 0 saturated heterocycles. The van der Waals surface area contributed by atoms with E-state index < -0.39 is 0 Å². The van der Waals surface area contributed by atoms with E-state index in [0.29, 0.717) is 13.1 Å². The topological polar surface area (TPSA) is 58.6 Å². The number of methoxy groups -OCH3 is 1. The molecule has 2 amide bonds. The summed E-state index contributed by atoms with van der Waals surface area (Å²) in [6.07, 6.45) is 0.238. The summed E-state index contributed by atoms with van der Waals surface area (Å²) in [5, 5.41) is 2.89. The Balaban J connectivity index is 1.96. The molecule has 0 radical (unpaired) electrons. The number of benzene rings is 2. The molecule has 0 spiro atoms. The number of nitrogens with one attached hydrogen (secondary N) is 1. The molecule has 0 bridgehead atoms. The van der Waals surface area contributed by atoms with E-state index in [2.05, 4.69) is 11.4 Å². The molecule has 5 nitrogen and oxygen atoms in total. The number of carbonyl (C=O) groups excluding carboxylic acids is 2. The van der Waals surface area contributed by atoms with Gasteiger partial charge in [-0.3, -0.25) is 9.59 Å². The van der Waals surface area contributed by atoms with Crippen LogP contribution in [0.1, 0.15) is 30.0 Å². The van der Waals surface area contributed by atoms with E-state index in [0.717, 1.165) is 28.1 Å². The van der Waals surface area contributed by atoms with Crippen LogP contribution >= 0.6 is 0 Å². The molecule has 0 unspecified atom stereocenters. The average Bonchev–Trinajstić information content (AvgIpc) is 2.59. The summed E-state index contributed by atoms with van der Waals surface area (Å²) in [6, 6.07) is 13.5. The minimum absolute atomic E-state index is 0.0764. The molecule has 0 atom stereocenters. The third-order valence-electron chi connectivity index (χ3n) is 4.13. The zero-order chi connectivity index (χ0) is 19.1. The SMILES string of the molecule is COc1ccccc1CNC(=O)CCN(C(C)=O)c1cc(C)cc(C)c1. The van der Waals surface area contributed by atoms with Crippen molar-refractivity contribution in [1.29, 1.82) is 0 Å². The Hall–Kier alpha value is -2.82. The van der Waals surface area contributed by atoms with Crippen molar-refractivity contribution in [2.45, 2.75) is 33.7 Å². The molecule has 0 fully saturated rings. The Labute approximate surface area is 155 Å². The van der Waals surface area contributed by atoms with Gasteiger partial charge in [-0.25, -0.2) is 0 Å². The Morgan fingerprint density at radius 1 is 1.08 bits per heavy atom. The first-order valence-corrected chi connectivity index (χ1v) is 8.65. The van der Waals surface area contributed by atoms with Crippen LogP contribution in [0.4, 0.5) is 5.69 Å². The Bertz CT molecular complexity index is 766. The Kier molecular flexibility index (Phi) is 6.78. The van der Waals surface area contributed by atoms with Crippen LogP contribution in [0.2, 0.25) is 0 Å². The molecule has 26 heavy (non-hydrogen) atoms. The second-order valence-corrected chi connectivity index (χ2v) is 6.36. The van der Waals surface area contributed by atoms with Gasteiger partial charge in [0, 0.05) is 37.7 Å². The fourth-order valence-electron chi connectivity index (χ4n) is 2.92. The normalized spacial score (nSPS) is 10.3. The number of carbonyl (C=O) groups is 2. The molecule has 2 aromatic rings. The van der Waals surface area contributed by atoms with Gasteiger partial charge in [-0.1, -0.05) is 24.3 Å². The summed E-state index contributed by atoms with van der Waals surface area (Å²) >= 11 is 0. The smallest absolute Gasteiger partial charge is 0.223 e. The van der Waals surface area contributed by atoms with Gasteiger partial charge in [-0.15, -0.1) is 0 Å². The van der Waals surface area contributed by atoms with E-state index in [1.165, 1.54) is 6.92 Å². The number of amides is 2. The molecule has 138 valence electrons. The largest absolute Gasteiger partial charge is 0.496 e. The monoisotopic (exact) mass is 354 g/mol. The molecule has 0 aliphatic carbocycles. The first-order chi connectivity index (χ1) is 12.4. The Morgan fingerprint density at radius 3 is 2.35 bits per heavy atom. The van der Waals surface area contributed by atoms with Gasteiger partial charge in [0.1, 0.15) is 5.75 Å². The third kappa shape index (κ3) is 5.34. The zero-order valence-electron chi connectivity index (χ0n) is 15.8. The highest BCUT2D eigenvalue weighted by Crippen LogP contribution is 2.20. The summed E-state index contributed by atoms with van der Waals surface area (Å²) in [6.45, 7) is 6.25. The van der Waals surface area contributed by atoms with Crippen LogP contribution in [-0.2, 0) is 16.1 Å². The van der Waals surface area contributed by atoms with E-state index in [9.17, 15) is 9.59 Å². The predicted molar refractivity (Wildman–Crippen MR) is 103 cm³/mol. The molecular weight excluding hydrogens is 328 g/mol. The third-order valence-corrected chi connectivity index (χ3v) is 4.13. The van der Waals surface area contributed by atoms with Crippen molar-refractivity contribution in [3.63, 3.8) is 0 Å². The number of aryl methyl sites for hydroxylation is 2. The van der Waals surface area contributed by atoms with Crippen molar-refractivity contribution in [3.8, 4) is 5.75 Å². The maximum Gasteiger partial charge on any atom is 0.223 e. The van der Waals surface area contributed by atoms with Crippen LogP contribution in [0.25, 0.3) is 0 Å². The van der Waals surface area contributed by atoms with Gasteiger partial charge < -0.3 is 15.0 Å². The van der Waals surface area contributed by atoms with Gasteiger partial charge in [-0.2, -0.15) is 0 Å². The second kappa shape index (κ2) is 9.04. The van der Waals surface area contributed by atoms with Crippen molar-refractivity contribution in [2.24, 2.45) is 0 Å². The van der Waals surface area contributed by atoms with Gasteiger partial charge >= 0.3 is 0 Å². The standard InChI is InChI=1S/C21H26N2O3/c1-15-11-16(2)13-19(12-15)23(17(3)24)10-9-21(25)22-14-18-7-5-6-8-20(18)26-4/h5-8,11-13H,9-10,14H2,1-4H3,(H,22,25). The first-order valence-electron chi connectivity index (χ1n) is 8.65. The lowest BCUT2D eigenvalue weighted by Gasteiger charge is -2.22. The Morgan fingerprint density at radius 2 is 1.73 bits per heavy atom. The number of rotatable bonds is 7. The fraction of sp³-hybridized carbons (Fsp3) is 0.333. The number of anilines is 1. The molecule has 0 aromatic heterocycles. The van der Waals surface area contributed by atoms with Gasteiger partial charge in [0.15, 0.2) is 0 Å². The number of ether oxygens (including phenoxy) is 1. The minimum Gasteiger partial charge on any atom is -0.496 e. The number of hydrogen-bond acceptors (Lipinski definition) is 3. The van der Waals surface area contributed by atoms with E-state index >= 15 is 0 Å². The van der Waals surface area contributed by atoms with E-state index in [4.69, 9.17) is 4.74 Å². The molecule has 5 heteroatoms. The number of para-hydroxylation sites is 1. The predicted octanol–water partition coefficient (Wildman–Crippen LogP) is 3.37. The van der Waals surface area contributed by atoms with Crippen LogP contribution in [0.3, 0.4) is 0 Å². The highest BCUT2D eigenvalue weighted by molar-refractivity contribution is 5.92. The highest BCUT2D eigenvalue weighted by atomic mass is 16.5. The van der Waals surface area contributed by atoms with Crippen molar-refractivity contribution in [2.75, 3.05) is 18.6 Å². The van der Waals surface area contributed by atoms with Crippen molar-refractivity contribution < 1.29 is 14.3 Å². The lowest BCUT2D eigenvalue weighted by atomic mass is 10.1. The van der Waals surface area contributed by atoms with Crippen molar-refractivity contribution >= 4 is 17.5 Å². The molecule has 0 saturated carbocycles. The van der Waals surface area contributed by atoms with Gasteiger partial charge in [0.25, 0.3) is 0 Å². The minimum atomic E-state index is -0.105. The lowest BCUT2D eigenvalue weighted by molar-refractivity contribution is -0.121. The van der Waals surface area contributed by atoms with Crippen LogP contribution < -0.4 is 15.0 Å². The summed E-state index contributed by atoms with van der Waals surface area (Å²) in [4.78, 5) is 25.9. The average molecular weight is 354 g/mol. The first kappa shape index (κ1) is 19.5. The van der Waals surface area contributed by atoms with Crippen LogP contribution in [-0.4, -0.2) is 25.5 Å². The summed E-state index contributed by atoms with van der Waals surface area (Å²) in [5.41, 5.74) is 3.92. The molecule has 2 rings (SSSR count). The molecule has 2 aromatic carbocycles. The molecular formula is C21H26N2O3. The zero-order valence-corrected chi connectivity index (χ0v) is 15.8. The van der Waals surface area contributed by atoms with Crippen LogP contribution in [0.5, 0.6) is 5.75 Å². The molecule has 0 aliphatic heterocycles. The highest BCUT2D eigenvalue weighted by Gasteiger charge is 2.14. The maximum absolute atomic E-state index is 12.2. The van der Waals surface area contributed by atoms with Crippen LogP contribution in [0, 0.1) is 13.8 Å². The van der Waals surface area contributed by atoms with Crippen molar-refractivity contribution in [3.05, 3.63) is 59.2 Å². The molecule has 1 N–H and O–H groups in total. The van der Waals surface area contributed by atoms with E-state index in [1.807, 2.05) is 50.2 Å². The van der Waals surface area contributed by atoms with Crippen LogP contribution in [0.15, 0.2) is 42.5 Å². The van der Waals surface area contributed by atoms with E-state index in [-0.39, 0.29) is 18.2 Å². The number of nitrogens with zero attached hydrogens (tertiary/aromatic N) is 1. The quantitative estimate of drug-likeness (QED) is 0.829. The van der Waals surface area contributed by atoms with Gasteiger partial charge in [-0.05, 0) is 43.2 Å². The lowest BCUT2D eigenvalue weighted by Crippen LogP contribution is -2.33. The molecule has 0 aliphatic rings. The maximum atomic E-state index is 12.2. The summed E-state index contributed by atoms with van der Waals surface area (Å²) in [5.74, 6) is 0.562. The molecule has 0 heterocycles.